The van der Waals surface area contributed by atoms with Crippen molar-refractivity contribution in [3.05, 3.63) is 77.9 Å². The lowest BCUT2D eigenvalue weighted by Gasteiger charge is -2.18. The number of sulfonamides is 1. The van der Waals surface area contributed by atoms with Gasteiger partial charge in [-0.2, -0.15) is 0 Å². The highest BCUT2D eigenvalue weighted by atomic mass is 32.2. The van der Waals surface area contributed by atoms with Crippen LogP contribution in [0, 0.1) is 0 Å². The topological polar surface area (TPSA) is 114 Å². The van der Waals surface area contributed by atoms with E-state index in [4.69, 9.17) is 9.47 Å². The first-order valence-corrected chi connectivity index (χ1v) is 13.9. The van der Waals surface area contributed by atoms with E-state index >= 15 is 0 Å². The first-order chi connectivity index (χ1) is 18.3. The summed E-state index contributed by atoms with van der Waals surface area (Å²) in [5.74, 6) is 0.548. The minimum absolute atomic E-state index is 0.121. The van der Waals surface area contributed by atoms with Crippen molar-refractivity contribution < 1.29 is 27.5 Å². The molecule has 0 atom stereocenters. The monoisotopic (exact) mass is 537 g/mol. The molecule has 2 amide bonds. The molecule has 38 heavy (non-hydrogen) atoms. The lowest BCUT2D eigenvalue weighted by atomic mass is 10.1. The molecule has 0 saturated heterocycles. The Bertz CT molecular complexity index is 1390. The van der Waals surface area contributed by atoms with E-state index in [9.17, 15) is 18.0 Å². The molecular formula is C28H31N3O6S. The SMILES string of the molecule is CCCCNS(=O)(=O)c1ccc(OCC(=O)Nc2ccc3c(c2)N(C(=O)c2ccc(OC)cc2)CC3)cc1. The number of amides is 2. The summed E-state index contributed by atoms with van der Waals surface area (Å²) < 4.78 is 37.8. The number of hydrogen-bond acceptors (Lipinski definition) is 6. The smallest absolute Gasteiger partial charge is 0.262 e. The fraction of sp³-hybridized carbons (Fsp3) is 0.286. The van der Waals surface area contributed by atoms with Gasteiger partial charge in [0, 0.05) is 30.0 Å². The summed E-state index contributed by atoms with van der Waals surface area (Å²) in [5.41, 5.74) is 2.89. The van der Waals surface area contributed by atoms with Crippen molar-refractivity contribution in [2.45, 2.75) is 31.1 Å². The van der Waals surface area contributed by atoms with E-state index < -0.39 is 10.0 Å². The van der Waals surface area contributed by atoms with Gasteiger partial charge >= 0.3 is 0 Å². The molecule has 9 nitrogen and oxygen atoms in total. The lowest BCUT2D eigenvalue weighted by Crippen LogP contribution is -2.29. The average Bonchev–Trinajstić information content (AvgIpc) is 3.35. The lowest BCUT2D eigenvalue weighted by molar-refractivity contribution is -0.118. The molecule has 0 aromatic heterocycles. The Morgan fingerprint density at radius 2 is 1.68 bits per heavy atom. The highest BCUT2D eigenvalue weighted by Gasteiger charge is 2.26. The Morgan fingerprint density at radius 1 is 0.974 bits per heavy atom. The van der Waals surface area contributed by atoms with Crippen LogP contribution in [0.25, 0.3) is 0 Å². The third-order valence-electron chi connectivity index (χ3n) is 6.17. The molecule has 0 saturated carbocycles. The van der Waals surface area contributed by atoms with Crippen LogP contribution >= 0.6 is 0 Å². The zero-order valence-corrected chi connectivity index (χ0v) is 22.2. The summed E-state index contributed by atoms with van der Waals surface area (Å²) in [6, 6.07) is 18.3. The number of fused-ring (bicyclic) bond motifs is 1. The number of hydrogen-bond donors (Lipinski definition) is 2. The third kappa shape index (κ3) is 6.51. The van der Waals surface area contributed by atoms with E-state index in [1.165, 1.54) is 24.3 Å². The molecular weight excluding hydrogens is 506 g/mol. The normalized spacial score (nSPS) is 12.6. The number of carbonyl (C=O) groups excluding carboxylic acids is 2. The van der Waals surface area contributed by atoms with Gasteiger partial charge in [-0.05, 0) is 79.1 Å². The maximum atomic E-state index is 13.1. The number of nitrogens with zero attached hydrogens (tertiary/aromatic N) is 1. The van der Waals surface area contributed by atoms with Gasteiger partial charge in [-0.3, -0.25) is 9.59 Å². The number of unbranched alkanes of at least 4 members (excludes halogenated alkanes) is 1. The Balaban J connectivity index is 1.34. The van der Waals surface area contributed by atoms with Crippen LogP contribution in [0.1, 0.15) is 35.7 Å². The number of rotatable bonds is 11. The Morgan fingerprint density at radius 3 is 2.37 bits per heavy atom. The molecule has 4 rings (SSSR count). The number of nitrogens with one attached hydrogen (secondary N) is 2. The van der Waals surface area contributed by atoms with Crippen LogP contribution in [0.2, 0.25) is 0 Å². The Labute approximate surface area is 222 Å². The van der Waals surface area contributed by atoms with Crippen LogP contribution in [0.5, 0.6) is 11.5 Å². The highest BCUT2D eigenvalue weighted by molar-refractivity contribution is 7.89. The third-order valence-corrected chi connectivity index (χ3v) is 7.65. The van der Waals surface area contributed by atoms with Gasteiger partial charge < -0.3 is 19.7 Å². The van der Waals surface area contributed by atoms with E-state index in [1.807, 2.05) is 13.0 Å². The molecule has 1 heterocycles. The van der Waals surface area contributed by atoms with Crippen molar-refractivity contribution in [3.63, 3.8) is 0 Å². The van der Waals surface area contributed by atoms with Crippen molar-refractivity contribution >= 4 is 33.2 Å². The minimum atomic E-state index is -3.58. The van der Waals surface area contributed by atoms with Gasteiger partial charge in [0.05, 0.1) is 12.0 Å². The maximum Gasteiger partial charge on any atom is 0.262 e. The van der Waals surface area contributed by atoms with Crippen molar-refractivity contribution in [3.8, 4) is 11.5 Å². The molecule has 10 heteroatoms. The maximum absolute atomic E-state index is 13.1. The minimum Gasteiger partial charge on any atom is -0.497 e. The second-order valence-corrected chi connectivity index (χ2v) is 10.6. The molecule has 0 spiro atoms. The van der Waals surface area contributed by atoms with E-state index in [0.717, 1.165) is 30.5 Å². The molecule has 3 aromatic rings. The average molecular weight is 538 g/mol. The van der Waals surface area contributed by atoms with Crippen LogP contribution in [-0.2, 0) is 21.2 Å². The first kappa shape index (κ1) is 27.2. The number of benzene rings is 3. The van der Waals surface area contributed by atoms with Crippen LogP contribution in [0.3, 0.4) is 0 Å². The molecule has 2 N–H and O–H groups in total. The summed E-state index contributed by atoms with van der Waals surface area (Å²) in [5, 5.41) is 2.80. The fourth-order valence-corrected chi connectivity index (χ4v) is 5.16. The van der Waals surface area contributed by atoms with Gasteiger partial charge in [0.1, 0.15) is 11.5 Å². The highest BCUT2D eigenvalue weighted by Crippen LogP contribution is 2.32. The Kier molecular flexibility index (Phi) is 8.65. The quantitative estimate of drug-likeness (QED) is 0.358. The van der Waals surface area contributed by atoms with E-state index in [-0.39, 0.29) is 23.3 Å². The van der Waals surface area contributed by atoms with Gasteiger partial charge in [0.25, 0.3) is 11.8 Å². The predicted molar refractivity (Wildman–Crippen MR) is 145 cm³/mol. The molecule has 0 bridgehead atoms. The second-order valence-electron chi connectivity index (χ2n) is 8.84. The summed E-state index contributed by atoms with van der Waals surface area (Å²) in [6.07, 6.45) is 2.38. The number of ether oxygens (including phenoxy) is 2. The van der Waals surface area contributed by atoms with E-state index in [2.05, 4.69) is 10.0 Å². The molecule has 200 valence electrons. The van der Waals surface area contributed by atoms with Crippen molar-refractivity contribution in [2.75, 3.05) is 37.0 Å². The zero-order valence-electron chi connectivity index (χ0n) is 21.4. The van der Waals surface area contributed by atoms with E-state index in [0.29, 0.717) is 35.8 Å². The van der Waals surface area contributed by atoms with Gasteiger partial charge in [-0.1, -0.05) is 19.4 Å². The standard InChI is InChI=1S/C28H31N3O6S/c1-3-4-16-29-38(34,35)25-13-11-24(12-14-25)37-19-27(32)30-22-8-5-20-15-17-31(26(20)18-22)28(33)21-6-9-23(36-2)10-7-21/h5-14,18,29H,3-4,15-17,19H2,1-2H3,(H,30,32). The number of anilines is 2. The molecule has 0 unspecified atom stereocenters. The predicted octanol–water partition coefficient (Wildman–Crippen LogP) is 3.99. The number of carbonyl (C=O) groups is 2. The second kappa shape index (κ2) is 12.1. The van der Waals surface area contributed by atoms with Crippen molar-refractivity contribution in [2.24, 2.45) is 0 Å². The largest absolute Gasteiger partial charge is 0.497 e. The fourth-order valence-electron chi connectivity index (χ4n) is 4.08. The van der Waals surface area contributed by atoms with Crippen molar-refractivity contribution in [1.82, 2.24) is 4.72 Å². The van der Waals surface area contributed by atoms with Crippen molar-refractivity contribution in [1.29, 1.82) is 0 Å². The summed E-state index contributed by atoms with van der Waals surface area (Å²) in [4.78, 5) is 27.5. The van der Waals surface area contributed by atoms with Gasteiger partial charge in [0.15, 0.2) is 6.61 Å². The number of methoxy groups -OCH3 is 1. The molecule has 3 aromatic carbocycles. The summed E-state index contributed by atoms with van der Waals surface area (Å²) >= 11 is 0. The summed E-state index contributed by atoms with van der Waals surface area (Å²) in [7, 11) is -2.00. The Hall–Kier alpha value is -3.89. The van der Waals surface area contributed by atoms with Crippen LogP contribution in [0.4, 0.5) is 11.4 Å². The van der Waals surface area contributed by atoms with Crippen LogP contribution < -0.4 is 24.4 Å². The van der Waals surface area contributed by atoms with Crippen LogP contribution in [-0.4, -0.2) is 47.0 Å². The first-order valence-electron chi connectivity index (χ1n) is 12.4. The molecule has 1 aliphatic rings. The molecule has 0 aliphatic carbocycles. The van der Waals surface area contributed by atoms with Crippen LogP contribution in [0.15, 0.2) is 71.6 Å². The molecule has 0 fully saturated rings. The zero-order chi connectivity index (χ0) is 27.1. The van der Waals surface area contributed by atoms with Gasteiger partial charge in [-0.15, -0.1) is 0 Å². The van der Waals surface area contributed by atoms with Gasteiger partial charge in [0.2, 0.25) is 10.0 Å². The van der Waals surface area contributed by atoms with Gasteiger partial charge in [-0.25, -0.2) is 13.1 Å². The molecule has 1 aliphatic heterocycles. The summed E-state index contributed by atoms with van der Waals surface area (Å²) in [6.45, 7) is 2.67. The van der Waals surface area contributed by atoms with E-state index in [1.54, 1.807) is 48.4 Å². The molecule has 0 radical (unpaired) electrons.